The van der Waals surface area contributed by atoms with Crippen molar-refractivity contribution in [3.05, 3.63) is 95.6 Å². The van der Waals surface area contributed by atoms with Gasteiger partial charge in [-0.1, -0.05) is 78.9 Å². The Morgan fingerprint density at radius 3 is 2.23 bits per heavy atom. The lowest BCUT2D eigenvalue weighted by Crippen LogP contribution is -2.46. The zero-order valence-corrected chi connectivity index (χ0v) is 17.3. The van der Waals surface area contributed by atoms with E-state index in [0.29, 0.717) is 13.1 Å². The molecule has 164 valence electrons. The Bertz CT molecular complexity index is 869. The molecule has 2 aromatic rings. The second-order valence-electron chi connectivity index (χ2n) is 7.35. The third kappa shape index (κ3) is 7.74. The van der Waals surface area contributed by atoms with Gasteiger partial charge in [-0.15, -0.1) is 0 Å². The van der Waals surface area contributed by atoms with Crippen LogP contribution in [0.4, 0.5) is 8.78 Å². The highest BCUT2D eigenvalue weighted by Crippen LogP contribution is 2.18. The molecular formula is C25H27F2NO3. The van der Waals surface area contributed by atoms with Crippen molar-refractivity contribution in [3.63, 3.8) is 0 Å². The van der Waals surface area contributed by atoms with Crippen molar-refractivity contribution < 1.29 is 23.0 Å². The van der Waals surface area contributed by atoms with Crippen LogP contribution in [0.5, 0.6) is 0 Å². The number of rotatable bonds is 11. The van der Waals surface area contributed by atoms with Crippen molar-refractivity contribution in [1.29, 1.82) is 0 Å². The standard InChI is InChI=1S/C25H27F2NO3/c26-25(27)31-19-23(24(29)30-18-22-14-8-3-9-15-22)28(16-20-10-4-1-5-11-20)17-21-12-6-2-7-13-21/h1,3-6,8-15,23,25H,2,7,16-19H2. The summed E-state index contributed by atoms with van der Waals surface area (Å²) in [5.41, 5.74) is 2.85. The number of hydrogen-bond acceptors (Lipinski definition) is 4. The summed E-state index contributed by atoms with van der Waals surface area (Å²) in [7, 11) is 0. The van der Waals surface area contributed by atoms with Gasteiger partial charge in [0.25, 0.3) is 0 Å². The van der Waals surface area contributed by atoms with Crippen molar-refractivity contribution in [2.24, 2.45) is 0 Å². The topological polar surface area (TPSA) is 38.8 Å². The minimum atomic E-state index is -2.96. The first-order valence-electron chi connectivity index (χ1n) is 10.4. The van der Waals surface area contributed by atoms with Gasteiger partial charge in [-0.3, -0.25) is 9.69 Å². The number of carbonyl (C=O) groups is 1. The molecule has 2 aromatic carbocycles. The molecule has 0 heterocycles. The van der Waals surface area contributed by atoms with Crippen LogP contribution < -0.4 is 0 Å². The second kappa shape index (κ2) is 12.1. The number of nitrogens with zero attached hydrogens (tertiary/aromatic N) is 1. The second-order valence-corrected chi connectivity index (χ2v) is 7.35. The lowest BCUT2D eigenvalue weighted by atomic mass is 10.1. The molecule has 4 nitrogen and oxygen atoms in total. The summed E-state index contributed by atoms with van der Waals surface area (Å²) in [6.45, 7) is -2.49. The van der Waals surface area contributed by atoms with Crippen LogP contribution in [0.3, 0.4) is 0 Å². The minimum absolute atomic E-state index is 0.0760. The fourth-order valence-electron chi connectivity index (χ4n) is 3.42. The molecule has 1 aliphatic rings. The van der Waals surface area contributed by atoms with E-state index in [-0.39, 0.29) is 6.61 Å². The Hall–Kier alpha value is -2.83. The van der Waals surface area contributed by atoms with Gasteiger partial charge in [0, 0.05) is 13.1 Å². The van der Waals surface area contributed by atoms with E-state index in [2.05, 4.69) is 16.9 Å². The Balaban J connectivity index is 1.78. The summed E-state index contributed by atoms with van der Waals surface area (Å²) in [5.74, 6) is -0.583. The molecule has 31 heavy (non-hydrogen) atoms. The summed E-state index contributed by atoms with van der Waals surface area (Å²) in [6.07, 6.45) is 8.09. The van der Waals surface area contributed by atoms with Gasteiger partial charge in [0.05, 0.1) is 6.61 Å². The number of hydrogen-bond donors (Lipinski definition) is 0. The normalized spacial score (nSPS) is 14.5. The van der Waals surface area contributed by atoms with Gasteiger partial charge in [0.2, 0.25) is 0 Å². The third-order valence-corrected chi connectivity index (χ3v) is 5.00. The van der Waals surface area contributed by atoms with Crippen LogP contribution in [-0.4, -0.2) is 36.7 Å². The molecular weight excluding hydrogens is 400 g/mol. The molecule has 0 radical (unpaired) electrons. The fraction of sp³-hybridized carbons (Fsp3) is 0.320. The van der Waals surface area contributed by atoms with Crippen molar-refractivity contribution in [1.82, 2.24) is 4.90 Å². The van der Waals surface area contributed by atoms with Crippen LogP contribution >= 0.6 is 0 Å². The number of alkyl halides is 2. The van der Waals surface area contributed by atoms with Crippen LogP contribution in [0, 0.1) is 0 Å². The van der Waals surface area contributed by atoms with Crippen molar-refractivity contribution in [2.75, 3.05) is 13.2 Å². The predicted molar refractivity (Wildman–Crippen MR) is 115 cm³/mol. The first kappa shape index (κ1) is 22.8. The van der Waals surface area contributed by atoms with Crippen LogP contribution in [0.25, 0.3) is 0 Å². The molecule has 0 amide bonds. The van der Waals surface area contributed by atoms with Gasteiger partial charge in [-0.2, -0.15) is 8.78 Å². The first-order valence-corrected chi connectivity index (χ1v) is 10.4. The lowest BCUT2D eigenvalue weighted by molar-refractivity contribution is -0.167. The number of halogens is 2. The van der Waals surface area contributed by atoms with Crippen molar-refractivity contribution in [3.8, 4) is 0 Å². The molecule has 0 spiro atoms. The molecule has 0 bridgehead atoms. The molecule has 0 aromatic heterocycles. The van der Waals surface area contributed by atoms with Gasteiger partial charge < -0.3 is 9.47 Å². The lowest BCUT2D eigenvalue weighted by Gasteiger charge is -2.31. The van der Waals surface area contributed by atoms with Crippen molar-refractivity contribution in [2.45, 2.75) is 38.6 Å². The number of ether oxygens (including phenoxy) is 2. The van der Waals surface area contributed by atoms with Crippen LogP contribution in [0.15, 0.2) is 84.5 Å². The molecule has 0 aliphatic heterocycles. The van der Waals surface area contributed by atoms with E-state index in [1.807, 2.05) is 71.6 Å². The number of allylic oxidation sites excluding steroid dienone is 2. The highest BCUT2D eigenvalue weighted by atomic mass is 19.3. The number of benzene rings is 2. The van der Waals surface area contributed by atoms with Crippen LogP contribution in [0.2, 0.25) is 0 Å². The van der Waals surface area contributed by atoms with Crippen LogP contribution in [0.1, 0.15) is 24.0 Å². The Kier molecular flexibility index (Phi) is 8.94. The summed E-state index contributed by atoms with van der Waals surface area (Å²) in [4.78, 5) is 14.8. The largest absolute Gasteiger partial charge is 0.460 e. The third-order valence-electron chi connectivity index (χ3n) is 5.00. The molecule has 3 rings (SSSR count). The van der Waals surface area contributed by atoms with E-state index in [1.54, 1.807) is 0 Å². The summed E-state index contributed by atoms with van der Waals surface area (Å²) in [6, 6.07) is 17.9. The summed E-state index contributed by atoms with van der Waals surface area (Å²) < 4.78 is 35.7. The van der Waals surface area contributed by atoms with E-state index < -0.39 is 25.2 Å². The number of carbonyl (C=O) groups excluding carboxylic acids is 1. The molecule has 6 heteroatoms. The van der Waals surface area contributed by atoms with E-state index in [4.69, 9.17) is 4.74 Å². The Labute approximate surface area is 181 Å². The van der Waals surface area contributed by atoms with Gasteiger partial charge >= 0.3 is 12.6 Å². The molecule has 0 fully saturated rings. The SMILES string of the molecule is O=C(OCc1ccccc1)C(COC(F)F)N(CC1=CCCC=C1)Cc1ccccc1. The predicted octanol–water partition coefficient (Wildman–Crippen LogP) is 5.12. The smallest absolute Gasteiger partial charge is 0.345 e. The fourth-order valence-corrected chi connectivity index (χ4v) is 3.42. The van der Waals surface area contributed by atoms with E-state index in [0.717, 1.165) is 29.5 Å². The maximum atomic E-state index is 13.0. The molecule has 0 saturated carbocycles. The molecule has 0 N–H and O–H groups in total. The zero-order valence-electron chi connectivity index (χ0n) is 17.3. The Morgan fingerprint density at radius 1 is 0.935 bits per heavy atom. The molecule has 0 saturated heterocycles. The van der Waals surface area contributed by atoms with Gasteiger partial charge in [0.1, 0.15) is 12.6 Å². The monoisotopic (exact) mass is 427 g/mol. The highest BCUT2D eigenvalue weighted by molar-refractivity contribution is 5.76. The van der Waals surface area contributed by atoms with Crippen molar-refractivity contribution >= 4 is 5.97 Å². The van der Waals surface area contributed by atoms with Gasteiger partial charge in [0.15, 0.2) is 0 Å². The van der Waals surface area contributed by atoms with Crippen LogP contribution in [-0.2, 0) is 27.4 Å². The van der Waals surface area contributed by atoms with E-state index in [1.165, 1.54) is 0 Å². The quantitative estimate of drug-likeness (QED) is 0.467. The Morgan fingerprint density at radius 2 is 1.61 bits per heavy atom. The first-order chi connectivity index (χ1) is 15.1. The maximum absolute atomic E-state index is 13.0. The zero-order chi connectivity index (χ0) is 21.9. The van der Waals surface area contributed by atoms with Gasteiger partial charge in [-0.05, 0) is 29.5 Å². The van der Waals surface area contributed by atoms with E-state index >= 15 is 0 Å². The average Bonchev–Trinajstić information content (AvgIpc) is 2.79. The molecule has 1 atom stereocenters. The summed E-state index contributed by atoms with van der Waals surface area (Å²) >= 11 is 0. The van der Waals surface area contributed by atoms with E-state index in [9.17, 15) is 13.6 Å². The molecule has 1 aliphatic carbocycles. The average molecular weight is 427 g/mol. The molecule has 1 unspecified atom stereocenters. The summed E-state index contributed by atoms with van der Waals surface area (Å²) in [5, 5.41) is 0. The maximum Gasteiger partial charge on any atom is 0.345 e. The van der Waals surface area contributed by atoms with Gasteiger partial charge in [-0.25, -0.2) is 0 Å². The highest BCUT2D eigenvalue weighted by Gasteiger charge is 2.29. The number of esters is 1. The minimum Gasteiger partial charge on any atom is -0.460 e.